The third-order valence-corrected chi connectivity index (χ3v) is 5.37. The Labute approximate surface area is 196 Å². The summed E-state index contributed by atoms with van der Waals surface area (Å²) < 4.78 is 10.6. The standard InChI is InChI=1S/C23H32N4O2.HI/c1-28-21-11-10-18(15-22(21)29-2)12-13-25-23(24)26-16-20-9-6-14-27(20)17-19-7-4-3-5-8-19;/h3-5,7-8,10-11,15,20H,6,9,12-14,16-17H2,1-2H3,(H3,24,25,26);1H. The molecule has 2 aromatic carbocycles. The lowest BCUT2D eigenvalue weighted by atomic mass is 10.1. The number of benzene rings is 2. The van der Waals surface area contributed by atoms with Crippen LogP contribution in [0, 0.1) is 0 Å². The highest BCUT2D eigenvalue weighted by Crippen LogP contribution is 2.27. The molecule has 3 rings (SSSR count). The number of halogens is 1. The van der Waals surface area contributed by atoms with E-state index in [1.807, 2.05) is 18.2 Å². The summed E-state index contributed by atoms with van der Waals surface area (Å²) in [6, 6.07) is 17.0. The Morgan fingerprint density at radius 2 is 1.87 bits per heavy atom. The van der Waals surface area contributed by atoms with Crippen molar-refractivity contribution < 1.29 is 9.47 Å². The Hall–Kier alpha value is -2.00. The molecule has 30 heavy (non-hydrogen) atoms. The maximum Gasteiger partial charge on any atom is 0.188 e. The Balaban J connectivity index is 0.00000320. The normalized spacial score (nSPS) is 16.7. The largest absolute Gasteiger partial charge is 0.493 e. The Kier molecular flexibility index (Phi) is 10.2. The quantitative estimate of drug-likeness (QED) is 0.299. The maximum atomic E-state index is 6.09. The van der Waals surface area contributed by atoms with Gasteiger partial charge in [0, 0.05) is 19.1 Å². The van der Waals surface area contributed by atoms with E-state index in [-0.39, 0.29) is 24.0 Å². The van der Waals surface area contributed by atoms with Crippen molar-refractivity contribution in [1.82, 2.24) is 10.2 Å². The summed E-state index contributed by atoms with van der Waals surface area (Å²) in [4.78, 5) is 7.10. The summed E-state index contributed by atoms with van der Waals surface area (Å²) in [6.45, 7) is 3.57. The predicted octanol–water partition coefficient (Wildman–Crippen LogP) is 3.43. The molecule has 0 bridgehead atoms. The van der Waals surface area contributed by atoms with Gasteiger partial charge in [-0.3, -0.25) is 9.89 Å². The second-order valence-electron chi connectivity index (χ2n) is 7.34. The van der Waals surface area contributed by atoms with Crippen molar-refractivity contribution in [2.75, 3.05) is 33.9 Å². The van der Waals surface area contributed by atoms with Gasteiger partial charge in [-0.05, 0) is 49.1 Å². The van der Waals surface area contributed by atoms with Crippen LogP contribution in [-0.4, -0.2) is 50.8 Å². The van der Waals surface area contributed by atoms with Gasteiger partial charge in [0.2, 0.25) is 0 Å². The van der Waals surface area contributed by atoms with Crippen molar-refractivity contribution >= 4 is 29.9 Å². The molecule has 0 radical (unpaired) electrons. The first-order valence-corrected chi connectivity index (χ1v) is 10.2. The van der Waals surface area contributed by atoms with Crippen LogP contribution in [0.15, 0.2) is 53.5 Å². The molecule has 1 aliphatic heterocycles. The molecule has 1 aliphatic rings. The number of ether oxygens (including phenoxy) is 2. The van der Waals surface area contributed by atoms with Gasteiger partial charge in [-0.25, -0.2) is 0 Å². The van der Waals surface area contributed by atoms with Crippen LogP contribution < -0.4 is 20.5 Å². The van der Waals surface area contributed by atoms with Gasteiger partial charge >= 0.3 is 0 Å². The number of hydrogen-bond acceptors (Lipinski definition) is 4. The summed E-state index contributed by atoms with van der Waals surface area (Å²) in [7, 11) is 3.29. The number of methoxy groups -OCH3 is 2. The van der Waals surface area contributed by atoms with Crippen LogP contribution in [0.1, 0.15) is 24.0 Å². The summed E-state index contributed by atoms with van der Waals surface area (Å²) in [5.41, 5.74) is 8.60. The molecular weight excluding hydrogens is 491 g/mol. The van der Waals surface area contributed by atoms with E-state index in [0.29, 0.717) is 12.0 Å². The molecule has 0 amide bonds. The zero-order valence-electron chi connectivity index (χ0n) is 17.8. The molecule has 1 fully saturated rings. The van der Waals surface area contributed by atoms with Crippen LogP contribution in [0.4, 0.5) is 0 Å². The van der Waals surface area contributed by atoms with Crippen LogP contribution >= 0.6 is 24.0 Å². The first-order chi connectivity index (χ1) is 14.2. The fraction of sp³-hybridized carbons (Fsp3) is 0.435. The Morgan fingerprint density at radius 1 is 1.10 bits per heavy atom. The number of nitrogens with two attached hydrogens (primary N) is 1. The SMILES string of the molecule is COc1ccc(CCNC(N)=NCC2CCCN2Cc2ccccc2)cc1OC.I. The molecule has 0 spiro atoms. The minimum absolute atomic E-state index is 0. The molecule has 6 nitrogen and oxygen atoms in total. The van der Waals surface area contributed by atoms with Crippen molar-refractivity contribution in [2.24, 2.45) is 10.7 Å². The molecule has 3 N–H and O–H groups in total. The van der Waals surface area contributed by atoms with Crippen molar-refractivity contribution in [2.45, 2.75) is 31.8 Å². The number of aliphatic imine (C=N–C) groups is 1. The van der Waals surface area contributed by atoms with Gasteiger partial charge in [-0.2, -0.15) is 0 Å². The molecule has 7 heteroatoms. The molecule has 1 heterocycles. The highest BCUT2D eigenvalue weighted by atomic mass is 127. The topological polar surface area (TPSA) is 72.1 Å². The second kappa shape index (κ2) is 12.6. The van der Waals surface area contributed by atoms with Crippen molar-refractivity contribution in [3.63, 3.8) is 0 Å². The lowest BCUT2D eigenvalue weighted by molar-refractivity contribution is 0.250. The zero-order valence-corrected chi connectivity index (χ0v) is 20.2. The molecular formula is C23H33IN4O2. The molecule has 0 aliphatic carbocycles. The van der Waals surface area contributed by atoms with E-state index in [1.54, 1.807) is 14.2 Å². The monoisotopic (exact) mass is 524 g/mol. The van der Waals surface area contributed by atoms with E-state index < -0.39 is 0 Å². The van der Waals surface area contributed by atoms with Gasteiger partial charge in [0.1, 0.15) is 0 Å². The average molecular weight is 524 g/mol. The van der Waals surface area contributed by atoms with Crippen LogP contribution in [-0.2, 0) is 13.0 Å². The number of likely N-dealkylation sites (tertiary alicyclic amines) is 1. The van der Waals surface area contributed by atoms with E-state index in [2.05, 4.69) is 45.5 Å². The Morgan fingerprint density at radius 3 is 2.60 bits per heavy atom. The molecule has 1 atom stereocenters. The molecule has 1 unspecified atom stereocenters. The minimum atomic E-state index is 0. The summed E-state index contributed by atoms with van der Waals surface area (Å²) in [6.07, 6.45) is 3.23. The van der Waals surface area contributed by atoms with Crippen LogP contribution in [0.25, 0.3) is 0 Å². The maximum absolute atomic E-state index is 6.09. The molecule has 0 saturated carbocycles. The van der Waals surface area contributed by atoms with Gasteiger partial charge in [-0.1, -0.05) is 36.4 Å². The van der Waals surface area contributed by atoms with E-state index in [4.69, 9.17) is 15.2 Å². The Bertz CT molecular complexity index is 801. The average Bonchev–Trinajstić information content (AvgIpc) is 3.19. The van der Waals surface area contributed by atoms with E-state index in [9.17, 15) is 0 Å². The molecule has 2 aromatic rings. The van der Waals surface area contributed by atoms with Gasteiger partial charge in [0.15, 0.2) is 17.5 Å². The summed E-state index contributed by atoms with van der Waals surface area (Å²) in [5.74, 6) is 1.99. The minimum Gasteiger partial charge on any atom is -0.493 e. The first-order valence-electron chi connectivity index (χ1n) is 10.2. The summed E-state index contributed by atoms with van der Waals surface area (Å²) in [5, 5.41) is 3.22. The van der Waals surface area contributed by atoms with Gasteiger partial charge < -0.3 is 20.5 Å². The van der Waals surface area contributed by atoms with Gasteiger partial charge in [0.25, 0.3) is 0 Å². The number of nitrogens with one attached hydrogen (secondary N) is 1. The van der Waals surface area contributed by atoms with E-state index in [1.165, 1.54) is 18.4 Å². The van der Waals surface area contributed by atoms with E-state index in [0.717, 1.165) is 49.7 Å². The predicted molar refractivity (Wildman–Crippen MR) is 133 cm³/mol. The second-order valence-corrected chi connectivity index (χ2v) is 7.34. The number of rotatable bonds is 9. The fourth-order valence-corrected chi connectivity index (χ4v) is 3.76. The van der Waals surface area contributed by atoms with Crippen LogP contribution in [0.5, 0.6) is 11.5 Å². The molecule has 1 saturated heterocycles. The smallest absolute Gasteiger partial charge is 0.188 e. The fourth-order valence-electron chi connectivity index (χ4n) is 3.76. The first kappa shape index (κ1) is 24.3. The molecule has 0 aromatic heterocycles. The van der Waals surface area contributed by atoms with Crippen molar-refractivity contribution in [1.29, 1.82) is 0 Å². The van der Waals surface area contributed by atoms with Crippen molar-refractivity contribution in [3.05, 3.63) is 59.7 Å². The zero-order chi connectivity index (χ0) is 20.5. The van der Waals surface area contributed by atoms with Gasteiger partial charge in [-0.15, -0.1) is 24.0 Å². The highest BCUT2D eigenvalue weighted by molar-refractivity contribution is 14.0. The lowest BCUT2D eigenvalue weighted by Crippen LogP contribution is -2.36. The summed E-state index contributed by atoms with van der Waals surface area (Å²) >= 11 is 0. The van der Waals surface area contributed by atoms with Gasteiger partial charge in [0.05, 0.1) is 20.8 Å². The van der Waals surface area contributed by atoms with E-state index >= 15 is 0 Å². The highest BCUT2D eigenvalue weighted by Gasteiger charge is 2.24. The van der Waals surface area contributed by atoms with Crippen molar-refractivity contribution in [3.8, 4) is 11.5 Å². The third-order valence-electron chi connectivity index (χ3n) is 5.37. The molecule has 164 valence electrons. The van der Waals surface area contributed by atoms with Crippen LogP contribution in [0.3, 0.4) is 0 Å². The number of guanidine groups is 1. The number of hydrogen-bond donors (Lipinski definition) is 2. The lowest BCUT2D eigenvalue weighted by Gasteiger charge is -2.23. The third kappa shape index (κ3) is 7.05. The van der Waals surface area contributed by atoms with Crippen LogP contribution in [0.2, 0.25) is 0 Å². The number of nitrogens with zero attached hydrogens (tertiary/aromatic N) is 2.